The molecule has 3 aliphatic carbocycles. The Morgan fingerprint density at radius 2 is 0.792 bits per heavy atom. The molecule has 6 aromatic carbocycles. The number of carboxylic acid groups (broad SMARTS) is 2. The van der Waals surface area contributed by atoms with E-state index in [1.807, 2.05) is 36.4 Å². The van der Waals surface area contributed by atoms with Gasteiger partial charge in [0.05, 0.1) is 103 Å². The van der Waals surface area contributed by atoms with Crippen molar-refractivity contribution in [3.05, 3.63) is 247 Å². The molecule has 35 nitrogen and oxygen atoms in total. The number of ether oxygens (including phenoxy) is 2. The number of amides is 2. The van der Waals surface area contributed by atoms with Crippen molar-refractivity contribution < 1.29 is 117 Å². The zero-order chi connectivity index (χ0) is 86.1. The van der Waals surface area contributed by atoms with Crippen LogP contribution in [0.3, 0.4) is 0 Å². The number of carboxylic acids is 2. The van der Waals surface area contributed by atoms with Gasteiger partial charge in [0, 0.05) is 136 Å². The number of nitrogens with one attached hydrogen (secondary N) is 5. The number of aliphatic carboxylic acids is 1. The fraction of sp³-hybridized carbons (Fsp3) is 0.292. The van der Waals surface area contributed by atoms with E-state index in [4.69, 9.17) is 32.9 Å². The molecule has 3 atom stereocenters. The number of nitro groups is 3. The van der Waals surface area contributed by atoms with Crippen molar-refractivity contribution >= 4 is 119 Å². The van der Waals surface area contributed by atoms with Gasteiger partial charge in [-0.15, -0.1) is 0 Å². The molecule has 0 saturated heterocycles. The van der Waals surface area contributed by atoms with E-state index in [1.165, 1.54) is 82.7 Å². The molecule has 0 spiro atoms. The van der Waals surface area contributed by atoms with Crippen molar-refractivity contribution in [1.82, 2.24) is 54.2 Å². The van der Waals surface area contributed by atoms with Crippen molar-refractivity contribution in [2.45, 2.75) is 152 Å². The van der Waals surface area contributed by atoms with Crippen LogP contribution in [0.2, 0.25) is 0 Å². The Balaban J connectivity index is 0.000000149. The molecule has 3 aliphatic rings. The second kappa shape index (κ2) is 39.5. The quantitative estimate of drug-likeness (QED) is 0.0128. The predicted octanol–water partition coefficient (Wildman–Crippen LogP) is 13.1. The smallest absolute Gasteiger partial charge is 0.870 e. The number of carbonyl (C=O) groups excluding carboxylic acids is 4. The van der Waals surface area contributed by atoms with E-state index in [0.29, 0.717) is 79.6 Å². The normalized spacial score (nSPS) is 14.4. The number of quaternary nitrogens is 1. The zero-order valence-corrected chi connectivity index (χ0v) is 70.5. The maximum absolute atomic E-state index is 13.4. The summed E-state index contributed by atoms with van der Waals surface area (Å²) in [5.41, 5.74) is 16.2. The van der Waals surface area contributed by atoms with E-state index in [2.05, 4.69) is 49.8 Å². The first-order valence-corrected chi connectivity index (χ1v) is 40.5. The Morgan fingerprint density at radius 3 is 1.11 bits per heavy atom. The van der Waals surface area contributed by atoms with Gasteiger partial charge in [-0.25, -0.2) is 34.1 Å². The Hall–Kier alpha value is -13.9. The van der Waals surface area contributed by atoms with Gasteiger partial charge >= 0.3 is 53.4 Å². The van der Waals surface area contributed by atoms with Gasteiger partial charge in [0.15, 0.2) is 6.04 Å². The summed E-state index contributed by atoms with van der Waals surface area (Å²) in [4.78, 5) is 129. The van der Waals surface area contributed by atoms with E-state index in [-0.39, 0.29) is 70.5 Å². The third kappa shape index (κ3) is 19.6. The number of furan rings is 3. The molecule has 3 saturated carbocycles. The molecule has 2 amide bonds. The number of rotatable bonds is 23. The monoisotopic (exact) mass is 1710 g/mol. The van der Waals surface area contributed by atoms with Crippen LogP contribution < -0.4 is 45.9 Å². The molecule has 0 radical (unpaired) electrons. The van der Waals surface area contributed by atoms with Crippen LogP contribution in [0, 0.1) is 30.3 Å². The number of aromatic carboxylic acids is 1. The van der Waals surface area contributed by atoms with Crippen molar-refractivity contribution in [2.75, 3.05) is 14.2 Å². The number of carbonyl (C=O) groups is 6. The first kappa shape index (κ1) is 88.9. The average molecular weight is 1710 g/mol. The van der Waals surface area contributed by atoms with Gasteiger partial charge in [-0.2, -0.15) is 0 Å². The van der Waals surface area contributed by atoms with Crippen LogP contribution in [0.4, 0.5) is 17.1 Å². The van der Waals surface area contributed by atoms with Gasteiger partial charge in [0.25, 0.3) is 28.9 Å². The number of fused-ring (bicyclic) bond motifs is 6. The predicted molar refractivity (Wildman–Crippen MR) is 454 cm³/mol. The minimum absolute atomic E-state index is 0. The number of H-pyrrole nitrogens is 3. The number of hydrogen-bond donors (Lipinski definition) is 8. The standard InChI is InChI=1S/C30H29N5O6.C29H27N5O6.C18H18N2O3.C12H13N3O4.Na.H2O/c1-40-30(37)26(14-20-16-31-24-9-8-22(35(38)39)15-23(20)24)33-29(36)18-7-10-27-25(13-18)32-28(19-11-12-41-17-19)34(27)21-5-3-2-4-6-21;35-28(32-25(29(36)37)13-19-15-30-23-8-7-21(34(38)39)14-22(19)23)17-6-9-26-24(12-17)31-27(18-10-11-40-16-18)33(26)20-4-2-1-3-5-20;21-18(22)12-6-7-16-15(10-12)19-17(13-8-9-23-11-13)20(16)14-4-2-1-3-5-14;1-19-12(16)10(13)4-7-6-14-11-3-2-8(15(17)18)5-9(7)11;;/h7-13,15-17,21,26,31H,2-6,14H2,1H3,(H,33,36);6-12,14-16,20,25,30H,1-5,13H2,(H,32,35)(H,36,37);6-11,14H,1-5H2,(H,21,22);2-3,5-6,10,14H,4,13H2,1H3;;1H2/q;;;;+1;/t26-;25-;;10-;;/m00.0../s1. The van der Waals surface area contributed by atoms with Gasteiger partial charge in [0.2, 0.25) is 0 Å². The van der Waals surface area contributed by atoms with E-state index >= 15 is 0 Å². The van der Waals surface area contributed by atoms with Crippen LogP contribution in [0.25, 0.3) is 100.0 Å². The van der Waals surface area contributed by atoms with Gasteiger partial charge in [-0.3, -0.25) is 39.9 Å². The molecule has 15 aromatic rings. The molecule has 0 unspecified atom stereocenters. The summed E-state index contributed by atoms with van der Waals surface area (Å²) in [5, 5.41) is 59.6. The summed E-state index contributed by atoms with van der Waals surface area (Å²) < 4.78 is 32.2. The molecule has 640 valence electrons. The summed E-state index contributed by atoms with van der Waals surface area (Å²) in [7, 11) is 2.56. The van der Waals surface area contributed by atoms with Crippen LogP contribution in [0.5, 0.6) is 0 Å². The first-order valence-electron chi connectivity index (χ1n) is 40.5. The molecular formula is C89H89N15NaO20+. The summed E-state index contributed by atoms with van der Waals surface area (Å²) in [6, 6.07) is 33.1. The van der Waals surface area contributed by atoms with Gasteiger partial charge in [-0.05, 0) is 146 Å². The summed E-state index contributed by atoms with van der Waals surface area (Å²) in [6.45, 7) is 0. The number of hydrogen-bond acceptors (Lipinski definition) is 21. The molecule has 9 heterocycles. The van der Waals surface area contributed by atoms with Crippen LogP contribution in [-0.2, 0) is 43.1 Å². The third-order valence-corrected chi connectivity index (χ3v) is 23.1. The Labute approximate surface area is 733 Å². The maximum atomic E-state index is 13.4. The largest absolute Gasteiger partial charge is 1.00 e. The number of non-ortho nitro benzene ring substituents is 3. The van der Waals surface area contributed by atoms with E-state index < -0.39 is 68.6 Å². The Morgan fingerprint density at radius 1 is 0.464 bits per heavy atom. The van der Waals surface area contributed by atoms with E-state index in [9.17, 15) is 69.3 Å². The maximum Gasteiger partial charge on any atom is 1.00 e. The number of aromatic nitrogens is 9. The Kier molecular flexibility index (Phi) is 28.1. The minimum Gasteiger partial charge on any atom is -0.870 e. The molecule has 0 bridgehead atoms. The van der Waals surface area contributed by atoms with Crippen molar-refractivity contribution in [3.8, 4) is 34.2 Å². The SMILES string of the molecule is COC(=O)[C@@H]([NH3+])Cc1c[nH]c2ccc([N+](=O)[O-])cc12.COC(=O)[C@H](Cc1c[nH]c2ccc([N+](=O)[O-])cc12)NC(=O)c1ccc2c(c1)nc(-c1ccoc1)n2C1CCCCC1.O=C(N[C@@H](Cc1c[nH]c2ccc([N+](=O)[O-])cc12)C(=O)O)c1ccc2c(c1)nc(-c1ccoc1)n2C1CCCCC1.O=C(O)c1ccc2c(c1)nc(-c1ccoc1)n2C1CCCCC1.[Na+].[OH-]. The van der Waals surface area contributed by atoms with Gasteiger partial charge < -0.3 is 83.4 Å². The number of benzene rings is 6. The fourth-order valence-corrected chi connectivity index (χ4v) is 16.9. The van der Waals surface area contributed by atoms with E-state index in [1.54, 1.807) is 111 Å². The second-order valence-corrected chi connectivity index (χ2v) is 30.9. The first-order chi connectivity index (χ1) is 59.6. The van der Waals surface area contributed by atoms with Crippen LogP contribution in [0.1, 0.15) is 162 Å². The molecule has 18 rings (SSSR count). The van der Waals surface area contributed by atoms with Crippen molar-refractivity contribution in [3.63, 3.8) is 0 Å². The average Bonchev–Trinajstić information content (AvgIpc) is 1.62. The molecule has 11 N–H and O–H groups in total. The van der Waals surface area contributed by atoms with E-state index in [0.717, 1.165) is 137 Å². The van der Waals surface area contributed by atoms with Crippen LogP contribution >= 0.6 is 0 Å². The molecular weight excluding hydrogens is 1620 g/mol. The van der Waals surface area contributed by atoms with Gasteiger partial charge in [-0.1, -0.05) is 57.8 Å². The number of methoxy groups -OCH3 is 2. The summed E-state index contributed by atoms with van der Waals surface area (Å²) >= 11 is 0. The number of nitro benzene ring substituents is 3. The zero-order valence-electron chi connectivity index (χ0n) is 68.5. The molecule has 9 aromatic heterocycles. The Bertz CT molecular complexity index is 6440. The fourth-order valence-electron chi connectivity index (χ4n) is 16.9. The second-order valence-electron chi connectivity index (χ2n) is 30.9. The third-order valence-electron chi connectivity index (χ3n) is 23.1. The van der Waals surface area contributed by atoms with Gasteiger partial charge in [0.1, 0.15) is 48.3 Å². The molecule has 0 aliphatic heterocycles. The summed E-state index contributed by atoms with van der Waals surface area (Å²) in [6.07, 6.45) is 32.6. The molecule has 125 heavy (non-hydrogen) atoms. The molecule has 36 heteroatoms. The topological polar surface area (TPSA) is 513 Å². The number of aromatic amines is 3. The van der Waals surface area contributed by atoms with Crippen LogP contribution in [-0.4, -0.2) is 142 Å². The number of nitrogens with zero attached hydrogens (tertiary/aromatic N) is 9. The molecule has 3 fully saturated rings. The van der Waals surface area contributed by atoms with Crippen molar-refractivity contribution in [1.29, 1.82) is 0 Å². The number of esters is 2. The number of imidazole rings is 3. The van der Waals surface area contributed by atoms with Crippen molar-refractivity contribution in [2.24, 2.45) is 0 Å². The van der Waals surface area contributed by atoms with Crippen LogP contribution in [0.15, 0.2) is 197 Å². The minimum atomic E-state index is -1.25. The summed E-state index contributed by atoms with van der Waals surface area (Å²) in [5.74, 6) is -1.71.